The van der Waals surface area contributed by atoms with Gasteiger partial charge in [-0.15, -0.1) is 0 Å². The van der Waals surface area contributed by atoms with Crippen molar-refractivity contribution in [2.24, 2.45) is 0 Å². The molecule has 0 fully saturated rings. The summed E-state index contributed by atoms with van der Waals surface area (Å²) in [6.45, 7) is 0.657. The predicted octanol–water partition coefficient (Wildman–Crippen LogP) is 1.97. The Morgan fingerprint density at radius 2 is 1.83 bits per heavy atom. The highest BCUT2D eigenvalue weighted by Gasteiger charge is 2.08. The van der Waals surface area contributed by atoms with Crippen molar-refractivity contribution in [3.05, 3.63) is 60.3 Å². The van der Waals surface area contributed by atoms with Crippen LogP contribution in [0.15, 0.2) is 48.9 Å². The standard InChI is InChI=1S/C14H13N3O/c18-10-11-8-17(9-14-15-6-3-7-16-14)13-5-2-1-4-12(11)13/h1-8,18H,9-10H2. The van der Waals surface area contributed by atoms with E-state index in [0.717, 1.165) is 22.3 Å². The van der Waals surface area contributed by atoms with Crippen molar-refractivity contribution in [2.75, 3.05) is 0 Å². The lowest BCUT2D eigenvalue weighted by Crippen LogP contribution is -2.02. The zero-order valence-corrected chi connectivity index (χ0v) is 9.82. The van der Waals surface area contributed by atoms with Gasteiger partial charge in [-0.2, -0.15) is 0 Å². The van der Waals surface area contributed by atoms with Crippen LogP contribution in [0.5, 0.6) is 0 Å². The average molecular weight is 239 g/mol. The van der Waals surface area contributed by atoms with E-state index in [1.165, 1.54) is 0 Å². The third-order valence-electron chi connectivity index (χ3n) is 2.97. The van der Waals surface area contributed by atoms with Crippen LogP contribution >= 0.6 is 0 Å². The molecule has 90 valence electrons. The SMILES string of the molecule is OCc1cn(Cc2ncccn2)c2ccccc12. The third-order valence-corrected chi connectivity index (χ3v) is 2.97. The number of benzene rings is 1. The van der Waals surface area contributed by atoms with Gasteiger partial charge in [0.15, 0.2) is 0 Å². The molecule has 4 heteroatoms. The molecule has 3 rings (SSSR count). The molecule has 0 saturated heterocycles. The molecule has 0 amide bonds. The quantitative estimate of drug-likeness (QED) is 0.760. The average Bonchev–Trinajstić information content (AvgIpc) is 2.78. The summed E-state index contributed by atoms with van der Waals surface area (Å²) in [4.78, 5) is 8.44. The van der Waals surface area contributed by atoms with Crippen LogP contribution in [-0.2, 0) is 13.2 Å². The van der Waals surface area contributed by atoms with E-state index < -0.39 is 0 Å². The topological polar surface area (TPSA) is 50.9 Å². The maximum Gasteiger partial charge on any atom is 0.147 e. The molecule has 0 aliphatic carbocycles. The van der Waals surface area contributed by atoms with Gasteiger partial charge in [-0.05, 0) is 12.1 Å². The van der Waals surface area contributed by atoms with Gasteiger partial charge in [-0.25, -0.2) is 9.97 Å². The first-order chi connectivity index (χ1) is 8.88. The number of aromatic nitrogens is 3. The Labute approximate surface area is 105 Å². The second-order valence-corrected chi connectivity index (χ2v) is 4.12. The Balaban J connectivity index is 2.07. The van der Waals surface area contributed by atoms with Crippen molar-refractivity contribution >= 4 is 10.9 Å². The van der Waals surface area contributed by atoms with Gasteiger partial charge in [0.2, 0.25) is 0 Å². The van der Waals surface area contributed by atoms with E-state index in [0.29, 0.717) is 6.54 Å². The van der Waals surface area contributed by atoms with Crippen LogP contribution < -0.4 is 0 Å². The second-order valence-electron chi connectivity index (χ2n) is 4.12. The molecule has 18 heavy (non-hydrogen) atoms. The van der Waals surface area contributed by atoms with Gasteiger partial charge in [0, 0.05) is 35.1 Å². The molecule has 0 spiro atoms. The minimum atomic E-state index is 0.0448. The van der Waals surface area contributed by atoms with Gasteiger partial charge in [0.05, 0.1) is 13.2 Å². The molecule has 3 aromatic rings. The molecule has 2 aromatic heterocycles. The molecule has 0 atom stereocenters. The van der Waals surface area contributed by atoms with Crippen LogP contribution in [0, 0.1) is 0 Å². The maximum absolute atomic E-state index is 9.37. The minimum absolute atomic E-state index is 0.0448. The summed E-state index contributed by atoms with van der Waals surface area (Å²) in [6.07, 6.45) is 5.43. The van der Waals surface area contributed by atoms with E-state index >= 15 is 0 Å². The van der Waals surface area contributed by atoms with Gasteiger partial charge in [-0.1, -0.05) is 18.2 Å². The molecule has 0 radical (unpaired) electrons. The number of hydrogen-bond donors (Lipinski definition) is 1. The summed E-state index contributed by atoms with van der Waals surface area (Å²) in [5.74, 6) is 0.766. The van der Waals surface area contributed by atoms with Crippen LogP contribution in [0.25, 0.3) is 10.9 Å². The van der Waals surface area contributed by atoms with E-state index in [1.54, 1.807) is 18.5 Å². The molecular weight excluding hydrogens is 226 g/mol. The lowest BCUT2D eigenvalue weighted by Gasteiger charge is -2.03. The number of hydrogen-bond acceptors (Lipinski definition) is 3. The lowest BCUT2D eigenvalue weighted by atomic mass is 10.2. The molecule has 2 heterocycles. The Hall–Kier alpha value is -2.20. The molecular formula is C14H13N3O. The summed E-state index contributed by atoms with van der Waals surface area (Å²) in [5, 5.41) is 10.5. The van der Waals surface area contributed by atoms with E-state index in [1.807, 2.05) is 30.5 Å². The van der Waals surface area contributed by atoms with Crippen molar-refractivity contribution in [2.45, 2.75) is 13.2 Å². The molecule has 0 bridgehead atoms. The molecule has 4 nitrogen and oxygen atoms in total. The normalized spacial score (nSPS) is 10.9. The molecule has 1 aromatic carbocycles. The van der Waals surface area contributed by atoms with E-state index in [2.05, 4.69) is 14.5 Å². The number of nitrogens with zero attached hydrogens (tertiary/aromatic N) is 3. The molecule has 0 aliphatic rings. The Morgan fingerprint density at radius 1 is 1.06 bits per heavy atom. The fourth-order valence-electron chi connectivity index (χ4n) is 2.14. The number of fused-ring (bicyclic) bond motifs is 1. The lowest BCUT2D eigenvalue weighted by molar-refractivity contribution is 0.283. The summed E-state index contributed by atoms with van der Waals surface area (Å²) < 4.78 is 2.07. The zero-order chi connectivity index (χ0) is 12.4. The number of aliphatic hydroxyl groups excluding tert-OH is 1. The Kier molecular flexibility index (Phi) is 2.78. The summed E-state index contributed by atoms with van der Waals surface area (Å²) in [7, 11) is 0. The van der Waals surface area contributed by atoms with Crippen molar-refractivity contribution in [1.29, 1.82) is 0 Å². The molecule has 0 saturated carbocycles. The smallest absolute Gasteiger partial charge is 0.147 e. The monoisotopic (exact) mass is 239 g/mol. The maximum atomic E-state index is 9.37. The van der Waals surface area contributed by atoms with E-state index in [-0.39, 0.29) is 6.61 Å². The van der Waals surface area contributed by atoms with Crippen LogP contribution in [0.2, 0.25) is 0 Å². The first-order valence-electron chi connectivity index (χ1n) is 5.82. The van der Waals surface area contributed by atoms with Crippen molar-refractivity contribution < 1.29 is 5.11 Å². The predicted molar refractivity (Wildman–Crippen MR) is 69.0 cm³/mol. The van der Waals surface area contributed by atoms with E-state index in [9.17, 15) is 5.11 Å². The highest BCUT2D eigenvalue weighted by Crippen LogP contribution is 2.21. The second kappa shape index (κ2) is 4.58. The van der Waals surface area contributed by atoms with Gasteiger partial charge in [0.25, 0.3) is 0 Å². The van der Waals surface area contributed by atoms with Gasteiger partial charge in [-0.3, -0.25) is 0 Å². The van der Waals surface area contributed by atoms with Crippen LogP contribution in [0.3, 0.4) is 0 Å². The van der Waals surface area contributed by atoms with Gasteiger partial charge < -0.3 is 9.67 Å². The molecule has 1 N–H and O–H groups in total. The van der Waals surface area contributed by atoms with Crippen LogP contribution in [0.4, 0.5) is 0 Å². The third kappa shape index (κ3) is 1.87. The summed E-state index contributed by atoms with van der Waals surface area (Å²) >= 11 is 0. The molecule has 0 aliphatic heterocycles. The van der Waals surface area contributed by atoms with Crippen LogP contribution in [-0.4, -0.2) is 19.6 Å². The number of para-hydroxylation sites is 1. The fourth-order valence-corrected chi connectivity index (χ4v) is 2.14. The van der Waals surface area contributed by atoms with Crippen molar-refractivity contribution in [1.82, 2.24) is 14.5 Å². The zero-order valence-electron chi connectivity index (χ0n) is 9.82. The number of rotatable bonds is 3. The number of aliphatic hydroxyl groups is 1. The van der Waals surface area contributed by atoms with E-state index in [4.69, 9.17) is 0 Å². The highest BCUT2D eigenvalue weighted by molar-refractivity contribution is 5.83. The van der Waals surface area contributed by atoms with Crippen molar-refractivity contribution in [3.63, 3.8) is 0 Å². The largest absolute Gasteiger partial charge is 0.392 e. The Morgan fingerprint density at radius 3 is 2.61 bits per heavy atom. The highest BCUT2D eigenvalue weighted by atomic mass is 16.3. The summed E-state index contributed by atoms with van der Waals surface area (Å²) in [5.41, 5.74) is 2.02. The first-order valence-corrected chi connectivity index (χ1v) is 5.82. The van der Waals surface area contributed by atoms with Gasteiger partial charge >= 0.3 is 0 Å². The Bertz CT molecular complexity index is 661. The first kappa shape index (κ1) is 10.9. The summed E-state index contributed by atoms with van der Waals surface area (Å²) in [6, 6.07) is 9.83. The fraction of sp³-hybridized carbons (Fsp3) is 0.143. The van der Waals surface area contributed by atoms with Gasteiger partial charge in [0.1, 0.15) is 5.82 Å². The minimum Gasteiger partial charge on any atom is -0.392 e. The molecule has 0 unspecified atom stereocenters. The van der Waals surface area contributed by atoms with Crippen LogP contribution in [0.1, 0.15) is 11.4 Å². The van der Waals surface area contributed by atoms with Crippen molar-refractivity contribution in [3.8, 4) is 0 Å².